The fraction of sp³-hybridized carbons (Fsp3) is 0.400. The Bertz CT molecular complexity index is 572. The summed E-state index contributed by atoms with van der Waals surface area (Å²) in [7, 11) is 0. The zero-order valence-electron chi connectivity index (χ0n) is 9.76. The zero-order chi connectivity index (χ0) is 13.7. The number of H-pyrrole nitrogens is 1. The number of rotatable bonds is 6. The summed E-state index contributed by atoms with van der Waals surface area (Å²) in [4.78, 5) is 46.9. The molecule has 0 aromatic carbocycles. The molecule has 3 N–H and O–H groups in total. The maximum Gasteiger partial charge on any atom is 0.328 e. The zero-order valence-corrected chi connectivity index (χ0v) is 9.76. The van der Waals surface area contributed by atoms with Crippen LogP contribution in [0.4, 0.5) is 0 Å². The van der Waals surface area contributed by atoms with Crippen LogP contribution in [0.15, 0.2) is 15.8 Å². The molecule has 0 spiro atoms. The lowest BCUT2D eigenvalue weighted by Crippen LogP contribution is -2.39. The Morgan fingerprint density at radius 1 is 1.44 bits per heavy atom. The molecule has 0 fully saturated rings. The van der Waals surface area contributed by atoms with E-state index in [0.29, 0.717) is 0 Å². The largest absolute Gasteiger partial charge is 0.370 e. The van der Waals surface area contributed by atoms with Crippen molar-refractivity contribution in [2.24, 2.45) is 5.73 Å². The van der Waals surface area contributed by atoms with Gasteiger partial charge in [-0.25, -0.2) is 4.79 Å². The summed E-state index contributed by atoms with van der Waals surface area (Å²) in [6.45, 7) is 0.831. The van der Waals surface area contributed by atoms with Crippen molar-refractivity contribution in [3.05, 3.63) is 32.6 Å². The van der Waals surface area contributed by atoms with Gasteiger partial charge in [0.1, 0.15) is 6.61 Å². The summed E-state index contributed by atoms with van der Waals surface area (Å²) in [6, 6.07) is 0. The number of ketones is 1. The second-order valence-corrected chi connectivity index (χ2v) is 3.54. The summed E-state index contributed by atoms with van der Waals surface area (Å²) in [5, 5.41) is 0. The number of nitrogens with one attached hydrogen (secondary N) is 1. The first-order chi connectivity index (χ1) is 8.43. The van der Waals surface area contributed by atoms with Crippen LogP contribution in [0.3, 0.4) is 0 Å². The van der Waals surface area contributed by atoms with Gasteiger partial charge in [0.15, 0.2) is 5.78 Å². The molecule has 0 aliphatic carbocycles. The first-order valence-electron chi connectivity index (χ1n) is 5.13. The number of nitrogens with two attached hydrogens (primary N) is 1. The number of aromatic nitrogens is 2. The normalized spacial score (nSPS) is 10.3. The highest BCUT2D eigenvalue weighted by Crippen LogP contribution is 1.88. The van der Waals surface area contributed by atoms with E-state index in [2.05, 4.69) is 4.98 Å². The predicted octanol–water partition coefficient (Wildman–Crippen LogP) is -1.76. The number of carbonyl (C=O) groups excluding carboxylic acids is 2. The minimum Gasteiger partial charge on any atom is -0.370 e. The van der Waals surface area contributed by atoms with E-state index in [9.17, 15) is 19.2 Å². The minimum atomic E-state index is -0.686. The van der Waals surface area contributed by atoms with Crippen LogP contribution in [0.25, 0.3) is 0 Å². The fourth-order valence-electron chi connectivity index (χ4n) is 1.30. The third-order valence-corrected chi connectivity index (χ3v) is 2.14. The van der Waals surface area contributed by atoms with Crippen LogP contribution in [-0.2, 0) is 16.1 Å². The van der Waals surface area contributed by atoms with Crippen molar-refractivity contribution >= 4 is 11.7 Å². The van der Waals surface area contributed by atoms with E-state index in [4.69, 9.17) is 10.5 Å². The van der Waals surface area contributed by atoms with Gasteiger partial charge in [-0.3, -0.25) is 19.0 Å². The van der Waals surface area contributed by atoms with Crippen LogP contribution in [-0.4, -0.2) is 34.5 Å². The second-order valence-electron chi connectivity index (χ2n) is 3.54. The molecule has 0 unspecified atom stereocenters. The number of ether oxygens (including phenoxy) is 1. The lowest BCUT2D eigenvalue weighted by atomic mass is 10.2. The van der Waals surface area contributed by atoms with Crippen LogP contribution in [0, 0.1) is 0 Å². The van der Waals surface area contributed by atoms with E-state index < -0.39 is 22.9 Å². The van der Waals surface area contributed by atoms with Crippen LogP contribution in [0.2, 0.25) is 0 Å². The fourth-order valence-corrected chi connectivity index (χ4v) is 1.30. The summed E-state index contributed by atoms with van der Waals surface area (Å²) < 4.78 is 5.67. The van der Waals surface area contributed by atoms with Gasteiger partial charge in [0, 0.05) is 6.20 Å². The Morgan fingerprint density at radius 3 is 2.67 bits per heavy atom. The number of carbonyl (C=O) groups is 2. The van der Waals surface area contributed by atoms with Crippen molar-refractivity contribution in [2.45, 2.75) is 13.5 Å². The van der Waals surface area contributed by atoms with E-state index in [0.717, 1.165) is 10.8 Å². The highest BCUT2D eigenvalue weighted by atomic mass is 16.5. The molecule has 1 amide bonds. The Labute approximate surface area is 101 Å². The van der Waals surface area contributed by atoms with Crippen molar-refractivity contribution in [1.29, 1.82) is 0 Å². The van der Waals surface area contributed by atoms with Gasteiger partial charge in [-0.15, -0.1) is 0 Å². The third kappa shape index (κ3) is 3.39. The Morgan fingerprint density at radius 2 is 2.11 bits per heavy atom. The number of Topliss-reactive ketones (excluding diaryl/α,β-unsaturated/α-hetero) is 1. The molecule has 8 nitrogen and oxygen atoms in total. The highest BCUT2D eigenvalue weighted by molar-refractivity contribution is 5.93. The van der Waals surface area contributed by atoms with Crippen molar-refractivity contribution < 1.29 is 14.3 Å². The Hall–Kier alpha value is -2.22. The lowest BCUT2D eigenvalue weighted by Gasteiger charge is -2.05. The van der Waals surface area contributed by atoms with Gasteiger partial charge in [0.2, 0.25) is 5.91 Å². The molecule has 0 saturated carbocycles. The van der Waals surface area contributed by atoms with Crippen LogP contribution >= 0.6 is 0 Å². The molecule has 18 heavy (non-hydrogen) atoms. The molecule has 0 atom stereocenters. The number of amides is 1. The maximum absolute atomic E-state index is 11.7. The quantitative estimate of drug-likeness (QED) is 0.460. The van der Waals surface area contributed by atoms with E-state index in [1.807, 2.05) is 0 Å². The third-order valence-electron chi connectivity index (χ3n) is 2.14. The molecular weight excluding hydrogens is 242 g/mol. The van der Waals surface area contributed by atoms with Gasteiger partial charge in [-0.1, -0.05) is 0 Å². The monoisotopic (exact) mass is 255 g/mol. The molecule has 1 rings (SSSR count). The molecule has 0 aliphatic rings. The number of primary amides is 1. The SMILES string of the molecule is CC(=O)c1c[nH]c(=O)n(CCOCC(N)=O)c1=O. The molecule has 0 aliphatic heterocycles. The highest BCUT2D eigenvalue weighted by Gasteiger charge is 2.10. The average molecular weight is 255 g/mol. The smallest absolute Gasteiger partial charge is 0.328 e. The number of hydrogen-bond acceptors (Lipinski definition) is 5. The summed E-state index contributed by atoms with van der Waals surface area (Å²) >= 11 is 0. The number of nitrogens with zero attached hydrogens (tertiary/aromatic N) is 1. The van der Waals surface area contributed by atoms with Gasteiger partial charge in [-0.05, 0) is 6.92 Å². The molecular formula is C10H13N3O5. The second kappa shape index (κ2) is 5.92. The van der Waals surface area contributed by atoms with Crippen LogP contribution < -0.4 is 17.0 Å². The molecule has 1 aromatic rings. The van der Waals surface area contributed by atoms with Gasteiger partial charge in [0.25, 0.3) is 5.56 Å². The molecule has 0 radical (unpaired) electrons. The van der Waals surface area contributed by atoms with Gasteiger partial charge >= 0.3 is 5.69 Å². The van der Waals surface area contributed by atoms with E-state index in [1.54, 1.807) is 0 Å². The van der Waals surface area contributed by atoms with Gasteiger partial charge in [0.05, 0.1) is 18.7 Å². The van der Waals surface area contributed by atoms with Crippen molar-refractivity contribution in [1.82, 2.24) is 9.55 Å². The predicted molar refractivity (Wildman–Crippen MR) is 61.3 cm³/mol. The van der Waals surface area contributed by atoms with Crippen LogP contribution in [0.1, 0.15) is 17.3 Å². The lowest BCUT2D eigenvalue weighted by molar-refractivity contribution is -0.122. The van der Waals surface area contributed by atoms with Crippen LogP contribution in [0.5, 0.6) is 0 Å². The average Bonchev–Trinajstić information content (AvgIpc) is 2.26. The summed E-state index contributed by atoms with van der Waals surface area (Å²) in [6.07, 6.45) is 1.08. The molecule has 98 valence electrons. The Kier molecular flexibility index (Phi) is 4.55. The molecule has 0 bridgehead atoms. The first-order valence-corrected chi connectivity index (χ1v) is 5.13. The molecule has 1 heterocycles. The van der Waals surface area contributed by atoms with Crippen molar-refractivity contribution in [2.75, 3.05) is 13.2 Å². The van der Waals surface area contributed by atoms with Gasteiger partial charge in [-0.2, -0.15) is 0 Å². The van der Waals surface area contributed by atoms with E-state index >= 15 is 0 Å². The number of hydrogen-bond donors (Lipinski definition) is 2. The first kappa shape index (κ1) is 13.8. The van der Waals surface area contributed by atoms with Crippen molar-refractivity contribution in [3.63, 3.8) is 0 Å². The molecule has 1 aromatic heterocycles. The summed E-state index contributed by atoms with van der Waals surface area (Å²) in [5.74, 6) is -1.09. The topological polar surface area (TPSA) is 124 Å². The maximum atomic E-state index is 11.7. The standard InChI is InChI=1S/C10H13N3O5/c1-6(14)7-4-12-10(17)13(9(7)16)2-3-18-5-8(11)15/h4H,2-3,5H2,1H3,(H2,11,15)(H,12,17). The van der Waals surface area contributed by atoms with Gasteiger partial charge < -0.3 is 15.5 Å². The van der Waals surface area contributed by atoms with E-state index in [-0.39, 0.29) is 25.3 Å². The minimum absolute atomic E-state index is 0.0344. The summed E-state index contributed by atoms with van der Waals surface area (Å²) in [5.41, 5.74) is 3.41. The Balaban J connectivity index is 2.85. The van der Waals surface area contributed by atoms with E-state index in [1.165, 1.54) is 6.92 Å². The number of aromatic amines is 1. The van der Waals surface area contributed by atoms with Crippen molar-refractivity contribution in [3.8, 4) is 0 Å². The molecule has 8 heteroatoms. The molecule has 0 saturated heterocycles.